The van der Waals surface area contributed by atoms with Gasteiger partial charge in [-0.3, -0.25) is 24.1 Å². The van der Waals surface area contributed by atoms with Crippen LogP contribution >= 0.6 is 23.5 Å². The monoisotopic (exact) mass is 548 g/mol. The molecule has 1 spiro atoms. The second-order valence-corrected chi connectivity index (χ2v) is 13.0. The van der Waals surface area contributed by atoms with Gasteiger partial charge in [-0.25, -0.2) is 4.79 Å². The van der Waals surface area contributed by atoms with Crippen LogP contribution in [-0.2, 0) is 24.0 Å². The SMILES string of the molecule is CCCC(CC(=O)C1CC2(CN1C)SCCCS2)C(=O)C(=O)CCC(=O)N[C@H](C(=O)O)c1ccccc1. The third-order valence-electron chi connectivity index (χ3n) is 6.91. The molecule has 10 heteroatoms. The average molecular weight is 549 g/mol. The molecule has 8 nitrogen and oxygen atoms in total. The van der Waals surface area contributed by atoms with Crippen molar-refractivity contribution < 1.29 is 29.1 Å². The highest BCUT2D eigenvalue weighted by molar-refractivity contribution is 8.18. The molecule has 0 aliphatic carbocycles. The molecule has 2 heterocycles. The van der Waals surface area contributed by atoms with Gasteiger partial charge in [0.25, 0.3) is 0 Å². The Bertz CT molecular complexity index is 996. The van der Waals surface area contributed by atoms with Gasteiger partial charge < -0.3 is 10.4 Å². The van der Waals surface area contributed by atoms with Crippen molar-refractivity contribution in [3.05, 3.63) is 35.9 Å². The standard InChI is InChI=1S/C27H36N2O6S2/c1-3-8-19(15-22(31)20-16-27(17-29(20)2)36-13-7-14-37-27)25(33)21(30)11-12-23(32)28-24(26(34)35)18-9-5-4-6-10-18/h4-6,9-10,19-20,24H,3,7-8,11-17H2,1-2H3,(H,28,32)(H,34,35)/t19?,20?,24-/m0/s1. The van der Waals surface area contributed by atoms with Gasteiger partial charge in [0.05, 0.1) is 10.1 Å². The van der Waals surface area contributed by atoms with Crippen LogP contribution in [-0.4, -0.2) is 74.5 Å². The first-order chi connectivity index (χ1) is 17.7. The lowest BCUT2D eigenvalue weighted by Gasteiger charge is -2.31. The van der Waals surface area contributed by atoms with Crippen LogP contribution in [0.25, 0.3) is 0 Å². The summed E-state index contributed by atoms with van der Waals surface area (Å²) in [6.07, 6.45) is 2.44. The van der Waals surface area contributed by atoms with Gasteiger partial charge in [-0.2, -0.15) is 0 Å². The molecule has 2 aliphatic rings. The lowest BCUT2D eigenvalue weighted by atomic mass is 9.87. The van der Waals surface area contributed by atoms with Gasteiger partial charge >= 0.3 is 5.97 Å². The Hall–Kier alpha value is -2.17. The van der Waals surface area contributed by atoms with E-state index in [1.807, 2.05) is 37.5 Å². The smallest absolute Gasteiger partial charge is 0.330 e. The number of carbonyl (C=O) groups is 5. The molecule has 2 saturated heterocycles. The van der Waals surface area contributed by atoms with E-state index in [9.17, 15) is 29.1 Å². The minimum absolute atomic E-state index is 0.00403. The van der Waals surface area contributed by atoms with Crippen molar-refractivity contribution in [2.45, 2.75) is 68.0 Å². The Morgan fingerprint density at radius 2 is 1.78 bits per heavy atom. The number of hydrogen-bond acceptors (Lipinski definition) is 8. The molecule has 0 radical (unpaired) electrons. The third kappa shape index (κ3) is 7.91. The first-order valence-electron chi connectivity index (χ1n) is 12.8. The summed E-state index contributed by atoms with van der Waals surface area (Å²) in [7, 11) is 1.95. The van der Waals surface area contributed by atoms with Crippen LogP contribution in [0.4, 0.5) is 0 Å². The van der Waals surface area contributed by atoms with E-state index in [-0.39, 0.29) is 35.2 Å². The highest BCUT2D eigenvalue weighted by Crippen LogP contribution is 2.50. The number of nitrogens with zero attached hydrogens (tertiary/aromatic N) is 1. The zero-order chi connectivity index (χ0) is 27.0. The molecule has 2 fully saturated rings. The normalized spacial score (nSPS) is 20.8. The molecule has 0 saturated carbocycles. The van der Waals surface area contributed by atoms with Crippen molar-refractivity contribution in [1.29, 1.82) is 0 Å². The largest absolute Gasteiger partial charge is 0.479 e. The van der Waals surface area contributed by atoms with E-state index >= 15 is 0 Å². The number of hydrogen-bond donors (Lipinski definition) is 2. The lowest BCUT2D eigenvalue weighted by Crippen LogP contribution is -2.36. The summed E-state index contributed by atoms with van der Waals surface area (Å²) in [5.41, 5.74) is 0.413. The van der Waals surface area contributed by atoms with E-state index in [1.54, 1.807) is 30.3 Å². The summed E-state index contributed by atoms with van der Waals surface area (Å²) in [6, 6.07) is 6.78. The number of aliphatic carboxylic acids is 1. The fourth-order valence-corrected chi connectivity index (χ4v) is 8.47. The number of amides is 1. The van der Waals surface area contributed by atoms with Crippen LogP contribution in [0.2, 0.25) is 0 Å². The molecule has 3 rings (SSSR count). The van der Waals surface area contributed by atoms with E-state index in [2.05, 4.69) is 10.2 Å². The Kier molecular flexibility index (Phi) is 10.8. The van der Waals surface area contributed by atoms with Crippen molar-refractivity contribution in [1.82, 2.24) is 10.2 Å². The number of likely N-dealkylation sites (N-methyl/N-ethyl adjacent to an activating group) is 1. The number of carbonyl (C=O) groups excluding carboxylic acids is 4. The predicted octanol–water partition coefficient (Wildman–Crippen LogP) is 3.49. The van der Waals surface area contributed by atoms with Crippen LogP contribution in [0.5, 0.6) is 0 Å². The number of rotatable bonds is 13. The van der Waals surface area contributed by atoms with E-state index in [0.717, 1.165) is 24.5 Å². The van der Waals surface area contributed by atoms with Gasteiger partial charge in [0.2, 0.25) is 11.7 Å². The van der Waals surface area contributed by atoms with Crippen molar-refractivity contribution >= 4 is 52.7 Å². The maximum Gasteiger partial charge on any atom is 0.330 e. The summed E-state index contributed by atoms with van der Waals surface area (Å²) >= 11 is 3.85. The molecule has 1 amide bonds. The highest BCUT2D eigenvalue weighted by atomic mass is 32.2. The first-order valence-corrected chi connectivity index (χ1v) is 14.8. The second kappa shape index (κ2) is 13.6. The van der Waals surface area contributed by atoms with Gasteiger partial charge in [0, 0.05) is 31.7 Å². The highest BCUT2D eigenvalue weighted by Gasteiger charge is 2.47. The van der Waals surface area contributed by atoms with Gasteiger partial charge in [-0.15, -0.1) is 23.5 Å². The molecular formula is C27H36N2O6S2. The third-order valence-corrected chi connectivity index (χ3v) is 10.2. The molecule has 0 aromatic heterocycles. The van der Waals surface area contributed by atoms with Crippen molar-refractivity contribution in [3.63, 3.8) is 0 Å². The minimum atomic E-state index is -1.24. The average Bonchev–Trinajstić information content (AvgIpc) is 3.20. The topological polar surface area (TPSA) is 121 Å². The molecule has 1 aromatic rings. The van der Waals surface area contributed by atoms with Gasteiger partial charge in [0.15, 0.2) is 17.6 Å². The second-order valence-electron chi connectivity index (χ2n) is 9.79. The van der Waals surface area contributed by atoms with Crippen LogP contribution < -0.4 is 5.32 Å². The van der Waals surface area contributed by atoms with Crippen molar-refractivity contribution in [2.75, 3.05) is 25.1 Å². The van der Waals surface area contributed by atoms with Gasteiger partial charge in [0.1, 0.15) is 0 Å². The fourth-order valence-electron chi connectivity index (χ4n) is 4.99. The van der Waals surface area contributed by atoms with E-state index in [0.29, 0.717) is 18.4 Å². The number of benzene rings is 1. The number of nitrogens with one attached hydrogen (secondary N) is 1. The molecule has 2 N–H and O–H groups in total. The number of Topliss-reactive ketones (excluding diaryl/α,β-unsaturated/α-hetero) is 3. The predicted molar refractivity (Wildman–Crippen MR) is 146 cm³/mol. The number of carboxylic acids is 1. The van der Waals surface area contributed by atoms with Gasteiger partial charge in [-0.1, -0.05) is 43.7 Å². The molecule has 37 heavy (non-hydrogen) atoms. The number of carboxylic acid groups (broad SMARTS) is 1. The maximum absolute atomic E-state index is 13.2. The maximum atomic E-state index is 13.2. The molecule has 2 aliphatic heterocycles. The Labute approximate surface area is 226 Å². The van der Waals surface area contributed by atoms with Crippen LogP contribution in [0.1, 0.15) is 63.5 Å². The Morgan fingerprint density at radius 3 is 2.41 bits per heavy atom. The zero-order valence-electron chi connectivity index (χ0n) is 21.4. The lowest BCUT2D eigenvalue weighted by molar-refractivity contribution is -0.142. The molecule has 202 valence electrons. The summed E-state index contributed by atoms with van der Waals surface area (Å²) in [4.78, 5) is 65.0. The van der Waals surface area contributed by atoms with E-state index in [4.69, 9.17) is 0 Å². The van der Waals surface area contributed by atoms with Crippen LogP contribution in [0.3, 0.4) is 0 Å². The number of ketones is 3. The fraction of sp³-hybridized carbons (Fsp3) is 0.593. The number of thioether (sulfide) groups is 2. The van der Waals surface area contributed by atoms with Crippen molar-refractivity contribution in [3.8, 4) is 0 Å². The summed E-state index contributed by atoms with van der Waals surface area (Å²) in [6.45, 7) is 2.74. The van der Waals surface area contributed by atoms with Crippen LogP contribution in [0.15, 0.2) is 30.3 Å². The Balaban J connectivity index is 1.54. The van der Waals surface area contributed by atoms with Crippen LogP contribution in [0, 0.1) is 5.92 Å². The molecule has 2 unspecified atom stereocenters. The summed E-state index contributed by atoms with van der Waals surface area (Å²) in [5.74, 6) is -1.65. The minimum Gasteiger partial charge on any atom is -0.479 e. The van der Waals surface area contributed by atoms with E-state index < -0.39 is 35.4 Å². The quantitative estimate of drug-likeness (QED) is 0.357. The zero-order valence-corrected chi connectivity index (χ0v) is 23.1. The summed E-state index contributed by atoms with van der Waals surface area (Å²) < 4.78 is 0.0360. The van der Waals surface area contributed by atoms with E-state index in [1.165, 1.54) is 6.42 Å². The molecule has 1 aromatic carbocycles. The number of likely N-dealkylation sites (tertiary alicyclic amines) is 1. The van der Waals surface area contributed by atoms with Gasteiger partial charge in [-0.05, 0) is 43.4 Å². The Morgan fingerprint density at radius 1 is 1.11 bits per heavy atom. The molecule has 3 atom stereocenters. The molecule has 0 bridgehead atoms. The molecular weight excluding hydrogens is 512 g/mol. The summed E-state index contributed by atoms with van der Waals surface area (Å²) in [5, 5.41) is 11.9. The van der Waals surface area contributed by atoms with Crippen molar-refractivity contribution in [2.24, 2.45) is 5.92 Å². The first kappa shape index (κ1) is 29.4.